The number of hydrogen-bond donors (Lipinski definition) is 2. The first-order chi connectivity index (χ1) is 9.43. The molecule has 21 heavy (non-hydrogen) atoms. The third-order valence-electron chi connectivity index (χ3n) is 4.58. The van der Waals surface area contributed by atoms with Crippen LogP contribution in [-0.2, 0) is 10.3 Å². The second kappa shape index (κ2) is 5.57. The van der Waals surface area contributed by atoms with Crippen molar-refractivity contribution in [2.24, 2.45) is 5.41 Å². The van der Waals surface area contributed by atoms with Crippen molar-refractivity contribution in [2.75, 3.05) is 13.1 Å². The highest BCUT2D eigenvalue weighted by atomic mass is 35.5. The van der Waals surface area contributed by atoms with E-state index in [1.807, 2.05) is 13.8 Å². The van der Waals surface area contributed by atoms with Gasteiger partial charge in [0, 0.05) is 12.8 Å². The van der Waals surface area contributed by atoms with Crippen LogP contribution in [0.1, 0.15) is 57.7 Å². The van der Waals surface area contributed by atoms with E-state index in [-0.39, 0.29) is 18.3 Å². The summed E-state index contributed by atoms with van der Waals surface area (Å²) in [5.41, 5.74) is -0.211. The lowest BCUT2D eigenvalue weighted by Crippen LogP contribution is -2.40. The van der Waals surface area contributed by atoms with Crippen molar-refractivity contribution in [2.45, 2.75) is 51.5 Å². The molecule has 2 heterocycles. The van der Waals surface area contributed by atoms with Gasteiger partial charge in [-0.05, 0) is 51.6 Å². The third kappa shape index (κ3) is 3.06. The smallest absolute Gasteiger partial charge is 0.230 e. The minimum absolute atomic E-state index is 0. The van der Waals surface area contributed by atoms with E-state index in [9.17, 15) is 4.79 Å². The van der Waals surface area contributed by atoms with Crippen molar-refractivity contribution in [3.63, 3.8) is 0 Å². The highest BCUT2D eigenvalue weighted by Crippen LogP contribution is 2.63. The fraction of sp³-hybridized carbons (Fsp3) is 0.786. The Morgan fingerprint density at radius 3 is 2.71 bits per heavy atom. The zero-order valence-electron chi connectivity index (χ0n) is 12.7. The summed E-state index contributed by atoms with van der Waals surface area (Å²) in [4.78, 5) is 15.8. The van der Waals surface area contributed by atoms with Gasteiger partial charge in [-0.1, -0.05) is 5.16 Å². The van der Waals surface area contributed by atoms with Gasteiger partial charge in [-0.15, -0.1) is 12.4 Å². The van der Waals surface area contributed by atoms with Crippen molar-refractivity contribution in [3.05, 3.63) is 11.7 Å². The standard InChI is InChI=1S/C14H22N4O2.ClH/c1-9(19)17-13(2,3)12-16-11(20-18-12)10-8-14(10)4-6-15-7-5-14;/h10,15H,4-8H2,1-3H3,(H,17,19);1H. The molecule has 7 heteroatoms. The van der Waals surface area contributed by atoms with Gasteiger partial charge in [0.2, 0.25) is 11.8 Å². The Labute approximate surface area is 130 Å². The van der Waals surface area contributed by atoms with Crippen molar-refractivity contribution >= 4 is 18.3 Å². The first-order valence-corrected chi connectivity index (χ1v) is 7.27. The molecule has 1 unspecified atom stereocenters. The van der Waals surface area contributed by atoms with Gasteiger partial charge in [0.05, 0.1) is 5.54 Å². The Balaban J connectivity index is 0.00000161. The molecule has 1 aliphatic carbocycles. The molecule has 3 rings (SSSR count). The zero-order chi connectivity index (χ0) is 14.4. The second-order valence-electron chi connectivity index (χ2n) is 6.63. The Hall–Kier alpha value is -1.14. The number of rotatable bonds is 3. The third-order valence-corrected chi connectivity index (χ3v) is 4.58. The lowest BCUT2D eigenvalue weighted by atomic mass is 9.92. The lowest BCUT2D eigenvalue weighted by Gasteiger charge is -2.22. The Morgan fingerprint density at radius 2 is 2.10 bits per heavy atom. The average molecular weight is 315 g/mol. The van der Waals surface area contributed by atoms with E-state index in [2.05, 4.69) is 20.8 Å². The van der Waals surface area contributed by atoms with Crippen LogP contribution in [0.25, 0.3) is 0 Å². The predicted molar refractivity (Wildman–Crippen MR) is 80.3 cm³/mol. The van der Waals surface area contributed by atoms with Gasteiger partial charge in [0.1, 0.15) is 0 Å². The molecule has 0 radical (unpaired) electrons. The normalized spacial score (nSPS) is 23.5. The van der Waals surface area contributed by atoms with Crippen molar-refractivity contribution in [3.8, 4) is 0 Å². The number of carbonyl (C=O) groups excluding carboxylic acids is 1. The first-order valence-electron chi connectivity index (χ1n) is 7.27. The maximum absolute atomic E-state index is 11.2. The number of hydrogen-bond acceptors (Lipinski definition) is 5. The number of halogens is 1. The summed E-state index contributed by atoms with van der Waals surface area (Å²) >= 11 is 0. The predicted octanol–water partition coefficient (Wildman–Crippen LogP) is 1.72. The molecule has 1 saturated carbocycles. The van der Waals surface area contributed by atoms with Crippen molar-refractivity contribution in [1.82, 2.24) is 20.8 Å². The highest BCUT2D eigenvalue weighted by molar-refractivity contribution is 5.85. The Bertz CT molecular complexity index is 523. The molecule has 1 atom stereocenters. The molecule has 1 spiro atoms. The fourth-order valence-corrected chi connectivity index (χ4v) is 3.30. The van der Waals surface area contributed by atoms with Gasteiger partial charge >= 0.3 is 0 Å². The van der Waals surface area contributed by atoms with Crippen LogP contribution >= 0.6 is 12.4 Å². The number of amides is 1. The number of nitrogens with one attached hydrogen (secondary N) is 2. The van der Waals surface area contributed by atoms with Gasteiger partial charge in [0.15, 0.2) is 5.82 Å². The maximum atomic E-state index is 11.2. The molecule has 2 N–H and O–H groups in total. The highest BCUT2D eigenvalue weighted by Gasteiger charge is 2.57. The number of piperidine rings is 1. The summed E-state index contributed by atoms with van der Waals surface area (Å²) in [5, 5.41) is 10.3. The Kier molecular flexibility index (Phi) is 4.31. The van der Waals surface area contributed by atoms with Crippen LogP contribution in [0.15, 0.2) is 4.52 Å². The van der Waals surface area contributed by atoms with Gasteiger partial charge in [-0.2, -0.15) is 4.98 Å². The van der Waals surface area contributed by atoms with Gasteiger partial charge in [-0.3, -0.25) is 4.79 Å². The van der Waals surface area contributed by atoms with Gasteiger partial charge in [-0.25, -0.2) is 0 Å². The summed E-state index contributed by atoms with van der Waals surface area (Å²) < 4.78 is 5.45. The van der Waals surface area contributed by atoms with Crippen LogP contribution in [-0.4, -0.2) is 29.1 Å². The van der Waals surface area contributed by atoms with E-state index in [1.165, 1.54) is 19.8 Å². The van der Waals surface area contributed by atoms with E-state index in [0.717, 1.165) is 25.4 Å². The minimum atomic E-state index is -0.593. The molecule has 1 amide bonds. The monoisotopic (exact) mass is 314 g/mol. The van der Waals surface area contributed by atoms with Gasteiger partial charge in [0.25, 0.3) is 0 Å². The molecule has 1 aromatic heterocycles. The van der Waals surface area contributed by atoms with Crippen molar-refractivity contribution in [1.29, 1.82) is 0 Å². The van der Waals surface area contributed by atoms with E-state index < -0.39 is 5.54 Å². The van der Waals surface area contributed by atoms with Crippen LogP contribution in [0.3, 0.4) is 0 Å². The first kappa shape index (κ1) is 16.2. The molecule has 0 aromatic carbocycles. The largest absolute Gasteiger partial charge is 0.344 e. The molecule has 1 saturated heterocycles. The number of nitrogens with zero attached hydrogens (tertiary/aromatic N) is 2. The van der Waals surface area contributed by atoms with E-state index >= 15 is 0 Å². The molecule has 2 aliphatic rings. The molecular weight excluding hydrogens is 292 g/mol. The van der Waals surface area contributed by atoms with Crippen LogP contribution in [0.4, 0.5) is 0 Å². The molecule has 118 valence electrons. The molecule has 0 bridgehead atoms. The van der Waals surface area contributed by atoms with E-state index in [0.29, 0.717) is 17.2 Å². The molecule has 1 aromatic rings. The summed E-state index contributed by atoms with van der Waals surface area (Å²) in [6.45, 7) is 7.42. The summed E-state index contributed by atoms with van der Waals surface area (Å²) in [5.74, 6) is 1.60. The van der Waals surface area contributed by atoms with E-state index in [1.54, 1.807) is 0 Å². The van der Waals surface area contributed by atoms with Gasteiger partial charge < -0.3 is 15.2 Å². The molecule has 1 aliphatic heterocycles. The van der Waals surface area contributed by atoms with Crippen LogP contribution < -0.4 is 10.6 Å². The van der Waals surface area contributed by atoms with E-state index in [4.69, 9.17) is 4.52 Å². The quantitative estimate of drug-likeness (QED) is 0.888. The summed E-state index contributed by atoms with van der Waals surface area (Å²) in [6, 6.07) is 0. The lowest BCUT2D eigenvalue weighted by molar-refractivity contribution is -0.120. The molecule has 6 nitrogen and oxygen atoms in total. The second-order valence-corrected chi connectivity index (χ2v) is 6.63. The number of carbonyl (C=O) groups is 1. The zero-order valence-corrected chi connectivity index (χ0v) is 13.5. The van der Waals surface area contributed by atoms with Crippen LogP contribution in [0.2, 0.25) is 0 Å². The fourth-order valence-electron chi connectivity index (χ4n) is 3.30. The van der Waals surface area contributed by atoms with Crippen molar-refractivity contribution < 1.29 is 9.32 Å². The summed E-state index contributed by atoms with van der Waals surface area (Å²) in [6.07, 6.45) is 3.52. The summed E-state index contributed by atoms with van der Waals surface area (Å²) in [7, 11) is 0. The Morgan fingerprint density at radius 1 is 1.43 bits per heavy atom. The minimum Gasteiger partial charge on any atom is -0.344 e. The SMILES string of the molecule is CC(=O)NC(C)(C)c1noc(C2CC23CCNCC3)n1.Cl. The molecular formula is C14H23ClN4O2. The van der Waals surface area contributed by atoms with Crippen LogP contribution in [0, 0.1) is 5.41 Å². The average Bonchev–Trinajstić information content (AvgIpc) is 2.86. The molecule has 2 fully saturated rings. The number of aromatic nitrogens is 2. The topological polar surface area (TPSA) is 80.0 Å². The van der Waals surface area contributed by atoms with Crippen LogP contribution in [0.5, 0.6) is 0 Å². The maximum Gasteiger partial charge on any atom is 0.230 e.